The third-order valence-corrected chi connectivity index (χ3v) is 8.18. The van der Waals surface area contributed by atoms with Gasteiger partial charge in [-0.05, 0) is 66.2 Å². The minimum Gasteiger partial charge on any atom is -0.497 e. The molecule has 10 heteroatoms. The van der Waals surface area contributed by atoms with Crippen LogP contribution < -0.4 is 18.9 Å². The van der Waals surface area contributed by atoms with Gasteiger partial charge < -0.3 is 8.92 Å². The Kier molecular flexibility index (Phi) is 6.49. The summed E-state index contributed by atoms with van der Waals surface area (Å²) in [7, 11) is -2.48. The molecule has 0 bridgehead atoms. The van der Waals surface area contributed by atoms with Crippen molar-refractivity contribution >= 4 is 33.3 Å². The number of para-hydroxylation sites is 1. The summed E-state index contributed by atoms with van der Waals surface area (Å²) in [6, 6.07) is 29.4. The van der Waals surface area contributed by atoms with E-state index in [1.807, 2.05) is 30.3 Å². The summed E-state index contributed by atoms with van der Waals surface area (Å²) >= 11 is 0. The molecule has 2 heterocycles. The molecule has 0 unspecified atom stereocenters. The van der Waals surface area contributed by atoms with Gasteiger partial charge >= 0.3 is 10.1 Å². The molecule has 2 aliphatic rings. The number of carbonyl (C=O) groups is 2. The van der Waals surface area contributed by atoms with Crippen LogP contribution in [-0.2, 0) is 24.5 Å². The number of hydrogen-bond acceptors (Lipinski definition) is 8. The van der Waals surface area contributed by atoms with Crippen molar-refractivity contribution in [3.8, 4) is 11.5 Å². The molecule has 0 N–H and O–H groups in total. The zero-order chi connectivity index (χ0) is 27.9. The van der Waals surface area contributed by atoms with Crippen LogP contribution >= 0.6 is 0 Å². The van der Waals surface area contributed by atoms with E-state index in [4.69, 9.17) is 13.8 Å². The van der Waals surface area contributed by atoms with Gasteiger partial charge in [-0.1, -0.05) is 48.5 Å². The molecule has 9 nitrogen and oxygen atoms in total. The first-order valence-electron chi connectivity index (χ1n) is 12.5. The van der Waals surface area contributed by atoms with E-state index < -0.39 is 40.0 Å². The highest BCUT2D eigenvalue weighted by molar-refractivity contribution is 7.87. The number of benzene rings is 4. The highest BCUT2D eigenvalue weighted by Gasteiger charge is 2.60. The largest absolute Gasteiger partial charge is 0.497 e. The third kappa shape index (κ3) is 4.47. The maximum Gasteiger partial charge on any atom is 0.339 e. The van der Waals surface area contributed by atoms with E-state index in [2.05, 4.69) is 0 Å². The minimum atomic E-state index is -4.02. The van der Waals surface area contributed by atoms with E-state index in [1.54, 1.807) is 59.7 Å². The van der Waals surface area contributed by atoms with E-state index >= 15 is 0 Å². The Morgan fingerprint density at radius 3 is 1.93 bits per heavy atom. The fourth-order valence-corrected chi connectivity index (χ4v) is 5.97. The predicted octanol–water partition coefficient (Wildman–Crippen LogP) is 4.51. The van der Waals surface area contributed by atoms with Crippen molar-refractivity contribution in [3.05, 3.63) is 115 Å². The van der Waals surface area contributed by atoms with Gasteiger partial charge in [0.2, 0.25) is 5.91 Å². The van der Waals surface area contributed by atoms with Gasteiger partial charge in [-0.3, -0.25) is 14.4 Å². The summed E-state index contributed by atoms with van der Waals surface area (Å²) in [5.74, 6) is -0.977. The first-order valence-corrected chi connectivity index (χ1v) is 13.9. The molecule has 2 aliphatic heterocycles. The van der Waals surface area contributed by atoms with Gasteiger partial charge in [0.1, 0.15) is 22.3 Å². The number of rotatable bonds is 7. The second kappa shape index (κ2) is 10.1. The van der Waals surface area contributed by atoms with E-state index in [1.165, 1.54) is 31.4 Å². The van der Waals surface area contributed by atoms with Gasteiger partial charge in [-0.2, -0.15) is 8.42 Å². The van der Waals surface area contributed by atoms with Crippen molar-refractivity contribution in [2.75, 3.05) is 17.1 Å². The van der Waals surface area contributed by atoms with Crippen LogP contribution in [0.1, 0.15) is 11.6 Å². The number of fused-ring (bicyclic) bond motifs is 1. The predicted molar refractivity (Wildman–Crippen MR) is 146 cm³/mol. The number of imide groups is 1. The first-order chi connectivity index (χ1) is 19.4. The number of anilines is 2. The molecule has 2 saturated heterocycles. The summed E-state index contributed by atoms with van der Waals surface area (Å²) < 4.78 is 35.9. The second-order valence-electron chi connectivity index (χ2n) is 9.29. The maximum absolute atomic E-state index is 13.8. The summed E-state index contributed by atoms with van der Waals surface area (Å²) in [6.45, 7) is 0. The normalized spacial score (nSPS) is 20.5. The lowest BCUT2D eigenvalue weighted by Crippen LogP contribution is -2.37. The van der Waals surface area contributed by atoms with E-state index in [0.717, 1.165) is 4.90 Å². The summed E-state index contributed by atoms with van der Waals surface area (Å²) in [6.07, 6.45) is -1.03. The van der Waals surface area contributed by atoms with Crippen molar-refractivity contribution in [1.82, 2.24) is 0 Å². The fraction of sp³-hybridized carbons (Fsp3) is 0.133. The van der Waals surface area contributed by atoms with Crippen LogP contribution in [0.2, 0.25) is 0 Å². The Labute approximate surface area is 231 Å². The molecule has 0 aliphatic carbocycles. The molecule has 3 atom stereocenters. The van der Waals surface area contributed by atoms with Crippen LogP contribution in [-0.4, -0.2) is 33.4 Å². The van der Waals surface area contributed by atoms with Gasteiger partial charge in [-0.15, -0.1) is 0 Å². The molecule has 0 saturated carbocycles. The van der Waals surface area contributed by atoms with Gasteiger partial charge in [0.15, 0.2) is 6.10 Å². The Morgan fingerprint density at radius 1 is 0.700 bits per heavy atom. The maximum atomic E-state index is 13.8. The molecule has 2 amide bonds. The smallest absolute Gasteiger partial charge is 0.339 e. The fourth-order valence-electron chi connectivity index (χ4n) is 5.02. The molecular formula is C30H24N2O7S. The number of hydrogen-bond donors (Lipinski definition) is 0. The highest BCUT2D eigenvalue weighted by atomic mass is 32.2. The molecule has 2 fully saturated rings. The number of ether oxygens (including phenoxy) is 1. The number of hydroxylamine groups is 1. The molecule has 202 valence electrons. The second-order valence-corrected chi connectivity index (χ2v) is 10.8. The van der Waals surface area contributed by atoms with Crippen LogP contribution in [0.25, 0.3) is 0 Å². The topological polar surface area (TPSA) is 102 Å². The average molecular weight is 557 g/mol. The summed E-state index contributed by atoms with van der Waals surface area (Å²) in [4.78, 5) is 34.6. The van der Waals surface area contributed by atoms with Gasteiger partial charge in [0.05, 0.1) is 24.5 Å². The highest BCUT2D eigenvalue weighted by Crippen LogP contribution is 2.47. The number of amides is 2. The monoisotopic (exact) mass is 556 g/mol. The Bertz CT molecular complexity index is 1640. The minimum absolute atomic E-state index is 0.0371. The van der Waals surface area contributed by atoms with Crippen LogP contribution in [0.5, 0.6) is 11.5 Å². The summed E-state index contributed by atoms with van der Waals surface area (Å²) in [5.41, 5.74) is 1.75. The van der Waals surface area contributed by atoms with Gasteiger partial charge in [0.25, 0.3) is 5.91 Å². The molecular weight excluding hydrogens is 532 g/mol. The molecule has 0 radical (unpaired) electrons. The van der Waals surface area contributed by atoms with E-state index in [9.17, 15) is 18.0 Å². The van der Waals surface area contributed by atoms with Crippen molar-refractivity contribution in [2.24, 2.45) is 5.92 Å². The van der Waals surface area contributed by atoms with Gasteiger partial charge in [0, 0.05) is 0 Å². The molecule has 0 aromatic heterocycles. The SMILES string of the molecule is COc1ccc(N2C(=O)[C@@H]3[C@H](ON(c4ccccc4)[C@@H]3c3ccc(OS(=O)(=O)c4ccccc4)cc3)C2=O)cc1. The lowest BCUT2D eigenvalue weighted by molar-refractivity contribution is -0.126. The number of carbonyl (C=O) groups excluding carboxylic acids is 2. The molecule has 4 aromatic rings. The zero-order valence-corrected chi connectivity index (χ0v) is 22.1. The van der Waals surface area contributed by atoms with Crippen LogP contribution in [0.15, 0.2) is 114 Å². The molecule has 4 aromatic carbocycles. The molecule has 6 rings (SSSR count). The lowest BCUT2D eigenvalue weighted by atomic mass is 9.90. The van der Waals surface area contributed by atoms with Crippen LogP contribution in [0.3, 0.4) is 0 Å². The Balaban J connectivity index is 1.33. The summed E-state index contributed by atoms with van der Waals surface area (Å²) in [5, 5.41) is 1.58. The van der Waals surface area contributed by atoms with Gasteiger partial charge in [-0.25, -0.2) is 9.96 Å². The molecule has 0 spiro atoms. The molecule has 40 heavy (non-hydrogen) atoms. The van der Waals surface area contributed by atoms with Crippen LogP contribution in [0.4, 0.5) is 11.4 Å². The third-order valence-electron chi connectivity index (χ3n) is 6.92. The number of methoxy groups -OCH3 is 1. The number of nitrogens with zero attached hydrogens (tertiary/aromatic N) is 2. The quantitative estimate of drug-likeness (QED) is 0.242. The lowest BCUT2D eigenvalue weighted by Gasteiger charge is -2.28. The standard InChI is InChI=1S/C30H24N2O7S/c1-37-23-18-14-21(15-19-23)31-29(33)26-27(32(38-28(26)30(31)34)22-8-4-2-5-9-22)20-12-16-24(17-13-20)39-40(35,36)25-10-6-3-7-11-25/h2-19,26-28H,1H3/t26-,27+,28-/m0/s1. The van der Waals surface area contributed by atoms with Crippen molar-refractivity contribution in [2.45, 2.75) is 17.0 Å². The van der Waals surface area contributed by atoms with E-state index in [0.29, 0.717) is 22.7 Å². The van der Waals surface area contributed by atoms with Crippen LogP contribution in [0, 0.1) is 5.92 Å². The van der Waals surface area contributed by atoms with Crippen molar-refractivity contribution in [3.63, 3.8) is 0 Å². The van der Waals surface area contributed by atoms with Crippen molar-refractivity contribution in [1.29, 1.82) is 0 Å². The zero-order valence-electron chi connectivity index (χ0n) is 21.3. The average Bonchev–Trinajstić information content (AvgIpc) is 3.50. The van der Waals surface area contributed by atoms with Crippen molar-refractivity contribution < 1.29 is 31.8 Å². The Morgan fingerprint density at radius 2 is 1.30 bits per heavy atom. The Hall–Kier alpha value is -4.67. The van der Waals surface area contributed by atoms with E-state index in [-0.39, 0.29) is 10.6 Å². The first kappa shape index (κ1) is 25.6.